The first-order chi connectivity index (χ1) is 16.9. The number of aryl methyl sites for hydroxylation is 1. The summed E-state index contributed by atoms with van der Waals surface area (Å²) in [6, 6.07) is 3.72. The number of carbonyl (C=O) groups excluding carboxylic acids is 2. The normalized spacial score (nSPS) is 17.3. The monoisotopic (exact) mass is 475 g/mol. The number of imidazole rings is 1. The number of nitrogens with two attached hydrogens (primary N) is 1. The molecule has 2 amide bonds. The number of primary amides is 1. The third-order valence-electron chi connectivity index (χ3n) is 6.21. The average Bonchev–Trinajstić information content (AvgIpc) is 3.52. The molecule has 0 aromatic carbocycles. The van der Waals surface area contributed by atoms with Gasteiger partial charge >= 0.3 is 0 Å². The number of rotatable bonds is 7. The summed E-state index contributed by atoms with van der Waals surface area (Å²) in [4.78, 5) is 30.8. The number of hydrogen-bond donors (Lipinski definition) is 2. The average molecular weight is 476 g/mol. The standard InChI is InChI=1S/C25H29N7O3/c1-5-22(33)31-13-18(10-19(31)15-35-4)14-32-25(27-3)23(24(26)34)20(29-32)7-6-17-8-9-30-16(2)12-28-21(30)11-17/h5,8-9,11-12,18-19,27H,1,10,13-15H2,2-4H3,(H2,26,34)/t18-,19+/m0/s1. The Morgan fingerprint density at radius 1 is 1.40 bits per heavy atom. The number of nitrogens with one attached hydrogen (secondary N) is 1. The molecule has 4 rings (SSSR count). The van der Waals surface area contributed by atoms with Gasteiger partial charge in [0.2, 0.25) is 5.91 Å². The molecule has 0 radical (unpaired) electrons. The second-order valence-electron chi connectivity index (χ2n) is 8.57. The summed E-state index contributed by atoms with van der Waals surface area (Å²) in [5.41, 5.74) is 8.81. The van der Waals surface area contributed by atoms with Gasteiger partial charge < -0.3 is 25.1 Å². The van der Waals surface area contributed by atoms with Crippen molar-refractivity contribution in [1.82, 2.24) is 24.1 Å². The van der Waals surface area contributed by atoms with E-state index >= 15 is 0 Å². The predicted octanol–water partition coefficient (Wildman–Crippen LogP) is 1.43. The van der Waals surface area contributed by atoms with E-state index in [0.717, 1.165) is 23.3 Å². The Kier molecular flexibility index (Phi) is 6.89. The summed E-state index contributed by atoms with van der Waals surface area (Å²) in [7, 11) is 3.33. The molecule has 0 bridgehead atoms. The molecular weight excluding hydrogens is 446 g/mol. The van der Waals surface area contributed by atoms with E-state index in [9.17, 15) is 9.59 Å². The Bertz CT molecular complexity index is 1340. The van der Waals surface area contributed by atoms with Gasteiger partial charge in [-0.3, -0.25) is 9.59 Å². The van der Waals surface area contributed by atoms with Gasteiger partial charge in [-0.05, 0) is 43.4 Å². The van der Waals surface area contributed by atoms with Gasteiger partial charge in [0.25, 0.3) is 5.91 Å². The number of likely N-dealkylation sites (tertiary alicyclic amines) is 1. The van der Waals surface area contributed by atoms with Crippen molar-refractivity contribution in [1.29, 1.82) is 0 Å². The lowest BCUT2D eigenvalue weighted by atomic mass is 10.1. The smallest absolute Gasteiger partial charge is 0.255 e. The van der Waals surface area contributed by atoms with E-state index in [2.05, 4.69) is 33.8 Å². The van der Waals surface area contributed by atoms with Crippen LogP contribution in [0.25, 0.3) is 5.65 Å². The van der Waals surface area contributed by atoms with Crippen LogP contribution in [0.5, 0.6) is 0 Å². The second-order valence-corrected chi connectivity index (χ2v) is 8.57. The summed E-state index contributed by atoms with van der Waals surface area (Å²) in [6.07, 6.45) is 5.76. The van der Waals surface area contributed by atoms with Crippen LogP contribution >= 0.6 is 0 Å². The number of aromatic nitrogens is 4. The van der Waals surface area contributed by atoms with Gasteiger partial charge in [-0.1, -0.05) is 12.5 Å². The summed E-state index contributed by atoms with van der Waals surface area (Å²) in [6.45, 7) is 7.05. The fourth-order valence-corrected chi connectivity index (χ4v) is 4.61. The van der Waals surface area contributed by atoms with Crippen LogP contribution in [-0.4, -0.2) is 69.2 Å². The Morgan fingerprint density at radius 3 is 2.89 bits per heavy atom. The van der Waals surface area contributed by atoms with Crippen LogP contribution in [0.15, 0.2) is 37.2 Å². The van der Waals surface area contributed by atoms with Gasteiger partial charge in [0.15, 0.2) is 5.69 Å². The number of fused-ring (bicyclic) bond motifs is 1. The SMILES string of the molecule is C=CC(=O)N1C[C@@H](Cn2nc(C#Cc3ccn4c(C)cnc4c3)c(C(N)=O)c2NC)C[C@@H]1COC. The zero-order valence-corrected chi connectivity index (χ0v) is 20.1. The zero-order chi connectivity index (χ0) is 25.1. The van der Waals surface area contributed by atoms with Crippen molar-refractivity contribution in [2.24, 2.45) is 11.7 Å². The molecule has 1 aliphatic heterocycles. The second kappa shape index (κ2) is 10.0. The largest absolute Gasteiger partial charge is 0.383 e. The van der Waals surface area contributed by atoms with E-state index in [0.29, 0.717) is 31.2 Å². The number of carbonyl (C=O) groups is 2. The quantitative estimate of drug-likeness (QED) is 0.394. The number of amides is 2. The number of anilines is 1. The van der Waals surface area contributed by atoms with Crippen LogP contribution in [-0.2, 0) is 16.1 Å². The number of nitrogens with zero attached hydrogens (tertiary/aromatic N) is 5. The highest BCUT2D eigenvalue weighted by molar-refractivity contribution is 6.00. The van der Waals surface area contributed by atoms with Crippen molar-refractivity contribution >= 4 is 23.3 Å². The molecule has 0 spiro atoms. The fraction of sp³-hybridized carbons (Fsp3) is 0.360. The van der Waals surface area contributed by atoms with E-state index in [4.69, 9.17) is 10.5 Å². The van der Waals surface area contributed by atoms with E-state index in [1.807, 2.05) is 29.7 Å². The minimum absolute atomic E-state index is 0.0415. The van der Waals surface area contributed by atoms with Gasteiger partial charge in [-0.2, -0.15) is 5.10 Å². The maximum Gasteiger partial charge on any atom is 0.255 e. The Labute approximate surface area is 203 Å². The van der Waals surface area contributed by atoms with Gasteiger partial charge in [0.1, 0.15) is 17.0 Å². The van der Waals surface area contributed by atoms with Crippen LogP contribution < -0.4 is 11.1 Å². The highest BCUT2D eigenvalue weighted by Gasteiger charge is 2.35. The molecule has 10 heteroatoms. The molecule has 1 saturated heterocycles. The minimum Gasteiger partial charge on any atom is -0.383 e. The number of pyridine rings is 1. The van der Waals surface area contributed by atoms with Gasteiger partial charge in [0.05, 0.1) is 12.6 Å². The molecule has 1 fully saturated rings. The number of methoxy groups -OCH3 is 1. The maximum atomic E-state index is 12.3. The van der Waals surface area contributed by atoms with Crippen molar-refractivity contribution < 1.29 is 14.3 Å². The first-order valence-electron chi connectivity index (χ1n) is 11.3. The number of hydrogen-bond acceptors (Lipinski definition) is 6. The van der Waals surface area contributed by atoms with E-state index in [1.165, 1.54) is 6.08 Å². The molecule has 2 atom stereocenters. The summed E-state index contributed by atoms with van der Waals surface area (Å²) in [5, 5.41) is 7.66. The molecule has 3 aromatic rings. The minimum atomic E-state index is -0.614. The van der Waals surface area contributed by atoms with Crippen LogP contribution in [0.2, 0.25) is 0 Å². The Morgan fingerprint density at radius 2 is 2.20 bits per heavy atom. The molecule has 35 heavy (non-hydrogen) atoms. The number of ether oxygens (including phenoxy) is 1. The molecule has 3 N–H and O–H groups in total. The summed E-state index contributed by atoms with van der Waals surface area (Å²) in [5.74, 6) is 5.95. The van der Waals surface area contributed by atoms with Crippen LogP contribution in [0.4, 0.5) is 5.82 Å². The van der Waals surface area contributed by atoms with Crippen LogP contribution in [0.3, 0.4) is 0 Å². The van der Waals surface area contributed by atoms with E-state index in [-0.39, 0.29) is 23.4 Å². The molecule has 0 aliphatic carbocycles. The molecular formula is C25H29N7O3. The van der Waals surface area contributed by atoms with Crippen molar-refractivity contribution in [3.63, 3.8) is 0 Å². The molecule has 182 valence electrons. The van der Waals surface area contributed by atoms with Crippen molar-refractivity contribution in [2.75, 3.05) is 32.6 Å². The summed E-state index contributed by atoms with van der Waals surface area (Å²) < 4.78 is 8.98. The van der Waals surface area contributed by atoms with Crippen LogP contribution in [0, 0.1) is 24.7 Å². The molecule has 4 heterocycles. The van der Waals surface area contributed by atoms with Gasteiger partial charge in [-0.15, -0.1) is 0 Å². The third kappa shape index (κ3) is 4.76. The van der Waals surface area contributed by atoms with Crippen molar-refractivity contribution in [3.05, 3.63) is 59.7 Å². The lowest BCUT2D eigenvalue weighted by molar-refractivity contribution is -0.127. The topological polar surface area (TPSA) is 120 Å². The Balaban J connectivity index is 1.63. The van der Waals surface area contributed by atoms with Crippen molar-refractivity contribution in [3.8, 4) is 11.8 Å². The molecule has 1 aliphatic rings. The molecule has 10 nitrogen and oxygen atoms in total. The first kappa shape index (κ1) is 24.0. The van der Waals surface area contributed by atoms with Crippen LogP contribution in [0.1, 0.15) is 33.7 Å². The highest BCUT2D eigenvalue weighted by Crippen LogP contribution is 2.28. The maximum absolute atomic E-state index is 12.3. The van der Waals surface area contributed by atoms with Gasteiger partial charge in [0, 0.05) is 50.9 Å². The highest BCUT2D eigenvalue weighted by atomic mass is 16.5. The van der Waals surface area contributed by atoms with Gasteiger partial charge in [-0.25, -0.2) is 9.67 Å². The van der Waals surface area contributed by atoms with E-state index < -0.39 is 5.91 Å². The molecule has 3 aromatic heterocycles. The van der Waals surface area contributed by atoms with Crippen molar-refractivity contribution in [2.45, 2.75) is 25.9 Å². The first-order valence-corrected chi connectivity index (χ1v) is 11.3. The zero-order valence-electron chi connectivity index (χ0n) is 20.1. The third-order valence-corrected chi connectivity index (χ3v) is 6.21. The lowest BCUT2D eigenvalue weighted by Gasteiger charge is -2.22. The predicted molar refractivity (Wildman–Crippen MR) is 132 cm³/mol. The molecule has 0 saturated carbocycles. The lowest BCUT2D eigenvalue weighted by Crippen LogP contribution is -2.37. The van der Waals surface area contributed by atoms with E-state index in [1.54, 1.807) is 29.9 Å². The summed E-state index contributed by atoms with van der Waals surface area (Å²) >= 11 is 0. The fourth-order valence-electron chi connectivity index (χ4n) is 4.61. The Hall–Kier alpha value is -4.10. The molecule has 0 unspecified atom stereocenters.